The van der Waals surface area contributed by atoms with E-state index in [1.807, 2.05) is 12.4 Å². The third-order valence-electron chi connectivity index (χ3n) is 6.66. The number of hydrogen-bond acceptors (Lipinski definition) is 4. The second kappa shape index (κ2) is 6.65. The predicted molar refractivity (Wildman–Crippen MR) is 91.1 cm³/mol. The Bertz CT molecular complexity index is 523. The molecule has 0 aliphatic heterocycles. The Hall–Kier alpha value is -1.72. The average Bonchev–Trinajstić information content (AvgIpc) is 3.35. The highest BCUT2D eigenvalue weighted by Crippen LogP contribution is 2.48. The summed E-state index contributed by atoms with van der Waals surface area (Å²) in [6.07, 6.45) is 13.8. The molecule has 130 valence electrons. The van der Waals surface area contributed by atoms with Gasteiger partial charge >= 0.3 is 11.8 Å². The number of amides is 2. The molecule has 0 heterocycles. The largest absolute Gasteiger partial charge is 0.331 e. The van der Waals surface area contributed by atoms with E-state index in [1.54, 1.807) is 0 Å². The van der Waals surface area contributed by atoms with Crippen molar-refractivity contribution in [1.82, 2.24) is 10.9 Å². The Morgan fingerprint density at radius 1 is 0.708 bits per heavy atom. The van der Waals surface area contributed by atoms with Gasteiger partial charge in [-0.3, -0.25) is 9.59 Å². The summed E-state index contributed by atoms with van der Waals surface area (Å²) in [6.45, 7) is 0. The first kappa shape index (κ1) is 15.8. The predicted octanol–water partition coefficient (Wildman–Crippen LogP) is 2.06. The Morgan fingerprint density at radius 2 is 1.17 bits per heavy atom. The van der Waals surface area contributed by atoms with E-state index in [-0.39, 0.29) is 0 Å². The lowest BCUT2D eigenvalue weighted by atomic mass is 9.90. The van der Waals surface area contributed by atoms with E-state index in [1.165, 1.54) is 51.4 Å². The number of carbonyl (C=O) groups is 2. The van der Waals surface area contributed by atoms with E-state index in [4.69, 9.17) is 0 Å². The van der Waals surface area contributed by atoms with Gasteiger partial charge in [-0.25, -0.2) is 10.9 Å². The van der Waals surface area contributed by atoms with Crippen molar-refractivity contribution in [1.29, 1.82) is 0 Å². The molecule has 2 amide bonds. The summed E-state index contributed by atoms with van der Waals surface area (Å²) >= 11 is 0. The lowest BCUT2D eigenvalue weighted by Gasteiger charge is -2.16. The topological polar surface area (TPSA) is 82.9 Å². The van der Waals surface area contributed by atoms with Crippen molar-refractivity contribution in [3.05, 3.63) is 0 Å². The van der Waals surface area contributed by atoms with Gasteiger partial charge in [0.25, 0.3) is 0 Å². The van der Waals surface area contributed by atoms with Crippen LogP contribution in [0.4, 0.5) is 0 Å². The van der Waals surface area contributed by atoms with Gasteiger partial charge in [0.05, 0.1) is 0 Å². The maximum absolute atomic E-state index is 11.7. The van der Waals surface area contributed by atoms with Gasteiger partial charge in [-0.1, -0.05) is 12.8 Å². The molecule has 0 radical (unpaired) electrons. The van der Waals surface area contributed by atoms with Crippen molar-refractivity contribution in [2.45, 2.75) is 51.4 Å². The molecule has 24 heavy (non-hydrogen) atoms. The van der Waals surface area contributed by atoms with Crippen LogP contribution in [0.15, 0.2) is 10.2 Å². The molecule has 4 rings (SSSR count). The fourth-order valence-electron chi connectivity index (χ4n) is 5.44. The summed E-state index contributed by atoms with van der Waals surface area (Å²) in [7, 11) is 0. The highest BCUT2D eigenvalue weighted by molar-refractivity contribution is 6.35. The zero-order valence-corrected chi connectivity index (χ0v) is 14.0. The Balaban J connectivity index is 1.18. The van der Waals surface area contributed by atoms with Gasteiger partial charge < -0.3 is 0 Å². The average molecular weight is 330 g/mol. The molecule has 6 unspecified atom stereocenters. The zero-order valence-electron chi connectivity index (χ0n) is 14.0. The normalized spacial score (nSPS) is 40.0. The van der Waals surface area contributed by atoms with Crippen molar-refractivity contribution in [2.75, 3.05) is 0 Å². The Kier molecular flexibility index (Phi) is 4.37. The summed E-state index contributed by atoms with van der Waals surface area (Å²) in [5, 5.41) is 7.95. The number of nitrogens with zero attached hydrogens (tertiary/aromatic N) is 2. The second-order valence-corrected chi connectivity index (χ2v) is 8.12. The Labute approximate surface area is 142 Å². The van der Waals surface area contributed by atoms with Gasteiger partial charge in [-0.15, -0.1) is 0 Å². The minimum absolute atomic E-state index is 0.461. The first-order valence-corrected chi connectivity index (χ1v) is 9.35. The minimum Gasteiger partial charge on any atom is -0.262 e. The van der Waals surface area contributed by atoms with Crippen molar-refractivity contribution in [2.24, 2.45) is 45.7 Å². The molecule has 0 spiro atoms. The van der Waals surface area contributed by atoms with Gasteiger partial charge in [-0.2, -0.15) is 10.2 Å². The molecule has 4 saturated carbocycles. The SMILES string of the molecule is O=C(NN=CC1CC2CCC1C2)C(=O)NN=CC1CC2CCC1C2. The quantitative estimate of drug-likeness (QED) is 0.470. The number of carbonyl (C=O) groups excluding carboxylic acids is 2. The van der Waals surface area contributed by atoms with Crippen LogP contribution in [-0.4, -0.2) is 24.2 Å². The van der Waals surface area contributed by atoms with Crippen LogP contribution in [0, 0.1) is 35.5 Å². The van der Waals surface area contributed by atoms with E-state index in [9.17, 15) is 9.59 Å². The third-order valence-corrected chi connectivity index (χ3v) is 6.66. The van der Waals surface area contributed by atoms with Crippen molar-refractivity contribution < 1.29 is 9.59 Å². The third kappa shape index (κ3) is 3.23. The number of hydrogen-bond donors (Lipinski definition) is 2. The van der Waals surface area contributed by atoms with Crippen molar-refractivity contribution in [3.63, 3.8) is 0 Å². The van der Waals surface area contributed by atoms with E-state index >= 15 is 0 Å². The second-order valence-electron chi connectivity index (χ2n) is 8.12. The highest BCUT2D eigenvalue weighted by Gasteiger charge is 2.39. The van der Waals surface area contributed by atoms with Gasteiger partial charge in [0.15, 0.2) is 0 Å². The van der Waals surface area contributed by atoms with Gasteiger partial charge in [0, 0.05) is 12.4 Å². The van der Waals surface area contributed by atoms with Crippen LogP contribution in [-0.2, 0) is 9.59 Å². The molecule has 0 aromatic carbocycles. The number of nitrogens with one attached hydrogen (secondary N) is 2. The molecule has 4 bridgehead atoms. The van der Waals surface area contributed by atoms with Crippen LogP contribution in [0.1, 0.15) is 51.4 Å². The molecule has 2 N–H and O–H groups in total. The van der Waals surface area contributed by atoms with Crippen LogP contribution in [0.2, 0.25) is 0 Å². The van der Waals surface area contributed by atoms with E-state index in [0.29, 0.717) is 11.8 Å². The number of fused-ring (bicyclic) bond motifs is 4. The summed E-state index contributed by atoms with van der Waals surface area (Å²) in [6, 6.07) is 0. The fraction of sp³-hybridized carbons (Fsp3) is 0.778. The standard InChI is InChI=1S/C18H26N4O2/c23-17(21-19-9-15-7-11-1-3-13(15)5-11)18(24)22-20-10-16-8-12-2-4-14(16)6-12/h9-16H,1-8H2,(H,21,23)(H,22,24). The molecule has 0 saturated heterocycles. The van der Waals surface area contributed by atoms with Crippen LogP contribution in [0.5, 0.6) is 0 Å². The summed E-state index contributed by atoms with van der Waals surface area (Å²) in [5.74, 6) is 2.53. The monoisotopic (exact) mass is 330 g/mol. The molecule has 6 nitrogen and oxygen atoms in total. The molecule has 6 heteroatoms. The van der Waals surface area contributed by atoms with Gasteiger partial charge in [0.2, 0.25) is 0 Å². The molecular formula is C18H26N4O2. The first-order valence-electron chi connectivity index (χ1n) is 9.35. The van der Waals surface area contributed by atoms with Crippen LogP contribution in [0.25, 0.3) is 0 Å². The minimum atomic E-state index is -0.750. The maximum atomic E-state index is 11.7. The molecule has 6 atom stereocenters. The van der Waals surface area contributed by atoms with Crippen LogP contribution in [0.3, 0.4) is 0 Å². The summed E-state index contributed by atoms with van der Waals surface area (Å²) in [4.78, 5) is 23.4. The highest BCUT2D eigenvalue weighted by atomic mass is 16.2. The smallest absolute Gasteiger partial charge is 0.262 e. The Morgan fingerprint density at radius 3 is 1.50 bits per heavy atom. The first-order chi connectivity index (χ1) is 11.7. The molecule has 4 aliphatic rings. The lowest BCUT2D eigenvalue weighted by Crippen LogP contribution is -2.35. The zero-order chi connectivity index (χ0) is 16.5. The number of hydrazone groups is 2. The van der Waals surface area contributed by atoms with Crippen LogP contribution < -0.4 is 10.9 Å². The maximum Gasteiger partial charge on any atom is 0.331 e. The van der Waals surface area contributed by atoms with Crippen molar-refractivity contribution >= 4 is 24.2 Å². The van der Waals surface area contributed by atoms with Crippen molar-refractivity contribution in [3.8, 4) is 0 Å². The fourth-order valence-corrected chi connectivity index (χ4v) is 5.44. The molecular weight excluding hydrogens is 304 g/mol. The lowest BCUT2D eigenvalue weighted by molar-refractivity contribution is -0.139. The molecule has 0 aromatic rings. The molecule has 4 aliphatic carbocycles. The van der Waals surface area contributed by atoms with E-state index in [2.05, 4.69) is 21.1 Å². The van der Waals surface area contributed by atoms with Crippen LogP contribution >= 0.6 is 0 Å². The molecule has 4 fully saturated rings. The van der Waals surface area contributed by atoms with Gasteiger partial charge in [-0.05, 0) is 74.0 Å². The van der Waals surface area contributed by atoms with E-state index in [0.717, 1.165) is 23.7 Å². The number of rotatable bonds is 4. The summed E-state index contributed by atoms with van der Waals surface area (Å²) < 4.78 is 0. The molecule has 0 aromatic heterocycles. The summed E-state index contributed by atoms with van der Waals surface area (Å²) in [5.41, 5.74) is 4.64. The van der Waals surface area contributed by atoms with Gasteiger partial charge in [0.1, 0.15) is 0 Å². The van der Waals surface area contributed by atoms with E-state index < -0.39 is 11.8 Å².